The van der Waals surface area contributed by atoms with Crippen molar-refractivity contribution in [3.8, 4) is 0 Å². The van der Waals surface area contributed by atoms with Crippen LogP contribution in [0.5, 0.6) is 0 Å². The first-order valence-corrected chi connectivity index (χ1v) is 7.78. The Balaban J connectivity index is 2.36. The number of halogens is 1. The smallest absolute Gasteiger partial charge is 0.0453 e. The van der Waals surface area contributed by atoms with E-state index in [0.29, 0.717) is 5.41 Å². The van der Waals surface area contributed by atoms with Gasteiger partial charge in [-0.2, -0.15) is 0 Å². The van der Waals surface area contributed by atoms with Crippen LogP contribution < -0.4 is 5.32 Å². The molecule has 1 rings (SSSR count). The fourth-order valence-corrected chi connectivity index (χ4v) is 2.58. The van der Waals surface area contributed by atoms with Gasteiger partial charge in [0.25, 0.3) is 0 Å². The van der Waals surface area contributed by atoms with E-state index in [2.05, 4.69) is 45.1 Å². The van der Waals surface area contributed by atoms with E-state index in [1.54, 1.807) is 0 Å². The van der Waals surface area contributed by atoms with Gasteiger partial charge in [0.2, 0.25) is 0 Å². The van der Waals surface area contributed by atoms with E-state index in [-0.39, 0.29) is 0 Å². The van der Waals surface area contributed by atoms with Crippen molar-refractivity contribution < 1.29 is 0 Å². The molecule has 1 N–H and O–H groups in total. The number of benzene rings is 1. The summed E-state index contributed by atoms with van der Waals surface area (Å²) in [5, 5.41) is 4.42. The summed E-state index contributed by atoms with van der Waals surface area (Å²) in [4.78, 5) is 0. The van der Waals surface area contributed by atoms with Gasteiger partial charge in [-0.05, 0) is 36.0 Å². The van der Waals surface area contributed by atoms with E-state index in [4.69, 9.17) is 11.6 Å². The van der Waals surface area contributed by atoms with Gasteiger partial charge in [0.15, 0.2) is 0 Å². The topological polar surface area (TPSA) is 12.0 Å². The molecule has 0 fully saturated rings. The molecule has 0 unspecified atom stereocenters. The van der Waals surface area contributed by atoms with Crippen LogP contribution in [0.1, 0.15) is 57.6 Å². The lowest BCUT2D eigenvalue weighted by Crippen LogP contribution is -2.29. The Hall–Kier alpha value is -0.530. The zero-order chi connectivity index (χ0) is 14.3. The molecule has 0 aromatic heterocycles. The van der Waals surface area contributed by atoms with Crippen molar-refractivity contribution in [1.29, 1.82) is 0 Å². The number of aryl methyl sites for hydroxylation is 1. The molecule has 0 aliphatic heterocycles. The minimum Gasteiger partial charge on any atom is -0.312 e. The molecular weight excluding hydrogens is 254 g/mol. The molecule has 108 valence electrons. The molecular formula is C17H28ClN. The van der Waals surface area contributed by atoms with E-state index < -0.39 is 0 Å². The third-order valence-corrected chi connectivity index (χ3v) is 3.94. The Labute approximate surface area is 123 Å². The summed E-state index contributed by atoms with van der Waals surface area (Å²) in [5.74, 6) is 0. The van der Waals surface area contributed by atoms with Crippen LogP contribution in [0.3, 0.4) is 0 Å². The molecule has 0 aliphatic rings. The van der Waals surface area contributed by atoms with Crippen molar-refractivity contribution in [1.82, 2.24) is 5.32 Å². The van der Waals surface area contributed by atoms with Gasteiger partial charge in [-0.3, -0.25) is 0 Å². The summed E-state index contributed by atoms with van der Waals surface area (Å²) in [5.41, 5.74) is 2.78. The van der Waals surface area contributed by atoms with Crippen LogP contribution in [0, 0.1) is 12.3 Å². The van der Waals surface area contributed by atoms with E-state index in [0.717, 1.165) is 18.1 Å². The van der Waals surface area contributed by atoms with Crippen LogP contribution >= 0.6 is 11.6 Å². The van der Waals surface area contributed by atoms with Crippen LogP contribution in [0.25, 0.3) is 0 Å². The highest BCUT2D eigenvalue weighted by Gasteiger charge is 2.16. The molecule has 0 spiro atoms. The van der Waals surface area contributed by atoms with Gasteiger partial charge in [0.1, 0.15) is 0 Å². The predicted molar refractivity (Wildman–Crippen MR) is 85.8 cm³/mol. The zero-order valence-corrected chi connectivity index (χ0v) is 13.6. The Bertz CT molecular complexity index is 385. The minimum atomic E-state index is 0.367. The predicted octanol–water partition coefficient (Wildman–Crippen LogP) is 5.34. The maximum Gasteiger partial charge on any atom is 0.0453 e. The Morgan fingerprint density at radius 3 is 2.58 bits per heavy atom. The van der Waals surface area contributed by atoms with Crippen LogP contribution in [0.15, 0.2) is 18.2 Å². The summed E-state index contributed by atoms with van der Waals surface area (Å²) >= 11 is 6.24. The lowest BCUT2D eigenvalue weighted by atomic mass is 9.87. The Kier molecular flexibility index (Phi) is 6.88. The Morgan fingerprint density at radius 2 is 1.95 bits per heavy atom. The maximum atomic E-state index is 6.24. The fourth-order valence-electron chi connectivity index (χ4n) is 2.27. The molecule has 0 amide bonds. The van der Waals surface area contributed by atoms with Gasteiger partial charge in [-0.25, -0.2) is 0 Å². The molecule has 0 radical (unpaired) electrons. The zero-order valence-electron chi connectivity index (χ0n) is 12.9. The molecule has 1 aromatic carbocycles. The largest absolute Gasteiger partial charge is 0.312 e. The second kappa shape index (κ2) is 7.91. The van der Waals surface area contributed by atoms with Crippen LogP contribution in [0.2, 0.25) is 5.02 Å². The number of hydrogen-bond acceptors (Lipinski definition) is 1. The van der Waals surface area contributed by atoms with Crippen LogP contribution in [-0.4, -0.2) is 6.54 Å². The summed E-state index contributed by atoms with van der Waals surface area (Å²) in [7, 11) is 0. The highest BCUT2D eigenvalue weighted by atomic mass is 35.5. The third kappa shape index (κ3) is 6.44. The van der Waals surface area contributed by atoms with Gasteiger partial charge < -0.3 is 5.32 Å². The lowest BCUT2D eigenvalue weighted by Gasteiger charge is -2.25. The average molecular weight is 282 g/mol. The first-order chi connectivity index (χ1) is 8.94. The van der Waals surface area contributed by atoms with Gasteiger partial charge >= 0.3 is 0 Å². The standard InChI is InChI=1S/C17H28ClN/c1-5-6-7-10-17(3,4)13-19-12-15-9-8-14(2)11-16(15)18/h8-9,11,19H,5-7,10,12-13H2,1-4H3. The molecule has 0 aliphatic carbocycles. The fraction of sp³-hybridized carbons (Fsp3) is 0.647. The molecule has 0 atom stereocenters. The SMILES string of the molecule is CCCCCC(C)(C)CNCc1ccc(C)cc1Cl. The molecule has 0 saturated carbocycles. The maximum absolute atomic E-state index is 6.24. The van der Waals surface area contributed by atoms with E-state index in [1.165, 1.54) is 36.8 Å². The highest BCUT2D eigenvalue weighted by Crippen LogP contribution is 2.23. The molecule has 1 nitrogen and oxygen atoms in total. The van der Waals surface area contributed by atoms with Crippen LogP contribution in [-0.2, 0) is 6.54 Å². The molecule has 0 bridgehead atoms. The molecule has 0 saturated heterocycles. The normalized spacial score (nSPS) is 11.8. The molecule has 0 heterocycles. The molecule has 1 aromatic rings. The van der Waals surface area contributed by atoms with E-state index >= 15 is 0 Å². The molecule has 19 heavy (non-hydrogen) atoms. The van der Waals surface area contributed by atoms with Gasteiger partial charge in [-0.15, -0.1) is 0 Å². The summed E-state index contributed by atoms with van der Waals surface area (Å²) in [6, 6.07) is 6.27. The van der Waals surface area contributed by atoms with E-state index in [9.17, 15) is 0 Å². The number of rotatable bonds is 8. The van der Waals surface area contributed by atoms with Gasteiger partial charge in [0.05, 0.1) is 0 Å². The Morgan fingerprint density at radius 1 is 1.21 bits per heavy atom. The monoisotopic (exact) mass is 281 g/mol. The number of hydrogen-bond donors (Lipinski definition) is 1. The minimum absolute atomic E-state index is 0.367. The lowest BCUT2D eigenvalue weighted by molar-refractivity contribution is 0.302. The first kappa shape index (κ1) is 16.5. The third-order valence-electron chi connectivity index (χ3n) is 3.58. The van der Waals surface area contributed by atoms with Crippen LogP contribution in [0.4, 0.5) is 0 Å². The second-order valence-electron chi connectivity index (χ2n) is 6.32. The quantitative estimate of drug-likeness (QED) is 0.634. The second-order valence-corrected chi connectivity index (χ2v) is 6.73. The highest BCUT2D eigenvalue weighted by molar-refractivity contribution is 6.31. The first-order valence-electron chi connectivity index (χ1n) is 7.40. The summed E-state index contributed by atoms with van der Waals surface area (Å²) in [6.45, 7) is 10.9. The number of unbranched alkanes of at least 4 members (excludes halogenated alkanes) is 2. The number of nitrogens with one attached hydrogen (secondary N) is 1. The summed E-state index contributed by atoms with van der Waals surface area (Å²) in [6.07, 6.45) is 5.25. The van der Waals surface area contributed by atoms with Crippen molar-refractivity contribution in [3.05, 3.63) is 34.3 Å². The van der Waals surface area contributed by atoms with Crippen molar-refractivity contribution >= 4 is 11.6 Å². The summed E-state index contributed by atoms with van der Waals surface area (Å²) < 4.78 is 0. The van der Waals surface area contributed by atoms with Crippen molar-refractivity contribution in [3.63, 3.8) is 0 Å². The average Bonchev–Trinajstić information content (AvgIpc) is 2.32. The van der Waals surface area contributed by atoms with Crippen molar-refractivity contribution in [2.45, 2.75) is 59.9 Å². The van der Waals surface area contributed by atoms with Gasteiger partial charge in [0, 0.05) is 18.1 Å². The van der Waals surface area contributed by atoms with E-state index in [1.807, 2.05) is 6.07 Å². The van der Waals surface area contributed by atoms with Gasteiger partial charge in [-0.1, -0.05) is 63.8 Å². The molecule has 2 heteroatoms. The van der Waals surface area contributed by atoms with Crippen molar-refractivity contribution in [2.24, 2.45) is 5.41 Å². The van der Waals surface area contributed by atoms with Crippen molar-refractivity contribution in [2.75, 3.05) is 6.54 Å².